The fourth-order valence-corrected chi connectivity index (χ4v) is 1.46. The molecule has 1 aromatic rings. The van der Waals surface area contributed by atoms with Gasteiger partial charge in [-0.2, -0.15) is 5.10 Å². The van der Waals surface area contributed by atoms with Crippen LogP contribution < -0.4 is 10.6 Å². The zero-order chi connectivity index (χ0) is 12.7. The van der Waals surface area contributed by atoms with Gasteiger partial charge in [0.05, 0.1) is 17.9 Å². The molecule has 0 bridgehead atoms. The molecule has 0 radical (unpaired) electrons. The van der Waals surface area contributed by atoms with Crippen LogP contribution in [0.3, 0.4) is 0 Å². The zero-order valence-electron chi connectivity index (χ0n) is 10.6. The summed E-state index contributed by atoms with van der Waals surface area (Å²) in [4.78, 5) is 11.5. The zero-order valence-corrected chi connectivity index (χ0v) is 10.6. The van der Waals surface area contributed by atoms with Crippen molar-refractivity contribution in [2.75, 3.05) is 32.1 Å². The lowest BCUT2D eigenvalue weighted by atomic mass is 10.4. The molecule has 0 atom stereocenters. The number of anilines is 1. The van der Waals surface area contributed by atoms with Crippen LogP contribution in [0.4, 0.5) is 5.69 Å². The number of nitrogens with zero attached hydrogens (tertiary/aromatic N) is 2. The van der Waals surface area contributed by atoms with Crippen LogP contribution in [0, 0.1) is 6.92 Å². The normalized spacial score (nSPS) is 10.3. The molecular weight excluding hydrogens is 220 g/mol. The van der Waals surface area contributed by atoms with Crippen LogP contribution in [0.1, 0.15) is 12.1 Å². The summed E-state index contributed by atoms with van der Waals surface area (Å²) in [6, 6.07) is 0. The first kappa shape index (κ1) is 13.5. The Morgan fingerprint density at radius 1 is 1.59 bits per heavy atom. The molecule has 17 heavy (non-hydrogen) atoms. The van der Waals surface area contributed by atoms with Gasteiger partial charge in [0.2, 0.25) is 5.91 Å². The number of amides is 1. The van der Waals surface area contributed by atoms with E-state index in [4.69, 9.17) is 4.74 Å². The number of nitrogens with one attached hydrogen (secondary N) is 2. The second-order valence-electron chi connectivity index (χ2n) is 3.85. The SMILES string of the molecule is COCCCNC(=O)CNc1cn(C)nc1C. The maximum absolute atomic E-state index is 11.5. The lowest BCUT2D eigenvalue weighted by Crippen LogP contribution is -2.31. The van der Waals surface area contributed by atoms with Gasteiger partial charge in [-0.15, -0.1) is 0 Å². The highest BCUT2D eigenvalue weighted by atomic mass is 16.5. The van der Waals surface area contributed by atoms with Crippen molar-refractivity contribution >= 4 is 11.6 Å². The standard InChI is InChI=1S/C11H20N4O2/c1-9-10(8-15(2)14-9)13-7-11(16)12-5-4-6-17-3/h8,13H,4-7H2,1-3H3,(H,12,16). The Kier molecular flexibility index (Phi) is 5.48. The van der Waals surface area contributed by atoms with Gasteiger partial charge in [0.15, 0.2) is 0 Å². The van der Waals surface area contributed by atoms with E-state index in [2.05, 4.69) is 15.7 Å². The molecule has 0 aliphatic rings. The topological polar surface area (TPSA) is 68.2 Å². The van der Waals surface area contributed by atoms with Crippen LogP contribution in [0.15, 0.2) is 6.20 Å². The van der Waals surface area contributed by atoms with E-state index in [9.17, 15) is 4.79 Å². The van der Waals surface area contributed by atoms with Crippen LogP contribution in [0.5, 0.6) is 0 Å². The van der Waals surface area contributed by atoms with Crippen molar-refractivity contribution < 1.29 is 9.53 Å². The van der Waals surface area contributed by atoms with E-state index in [1.54, 1.807) is 11.8 Å². The largest absolute Gasteiger partial charge is 0.385 e. The number of hydrogen-bond donors (Lipinski definition) is 2. The maximum atomic E-state index is 11.5. The summed E-state index contributed by atoms with van der Waals surface area (Å²) in [5.74, 6) is -0.0237. The highest BCUT2D eigenvalue weighted by Crippen LogP contribution is 2.10. The van der Waals surface area contributed by atoms with Gasteiger partial charge in [-0.3, -0.25) is 9.48 Å². The summed E-state index contributed by atoms with van der Waals surface area (Å²) in [5, 5.41) is 10.0. The molecule has 96 valence electrons. The first-order valence-corrected chi connectivity index (χ1v) is 5.63. The second kappa shape index (κ2) is 6.90. The van der Waals surface area contributed by atoms with Gasteiger partial charge in [0.25, 0.3) is 0 Å². The van der Waals surface area contributed by atoms with Crippen molar-refractivity contribution in [2.24, 2.45) is 7.05 Å². The average Bonchev–Trinajstić information content (AvgIpc) is 2.61. The predicted molar refractivity (Wildman–Crippen MR) is 65.9 cm³/mol. The molecule has 1 amide bonds. The lowest BCUT2D eigenvalue weighted by molar-refractivity contribution is -0.119. The fourth-order valence-electron chi connectivity index (χ4n) is 1.46. The van der Waals surface area contributed by atoms with E-state index in [-0.39, 0.29) is 12.5 Å². The van der Waals surface area contributed by atoms with E-state index >= 15 is 0 Å². The van der Waals surface area contributed by atoms with Crippen molar-refractivity contribution in [3.05, 3.63) is 11.9 Å². The van der Waals surface area contributed by atoms with Crippen LogP contribution in [0.2, 0.25) is 0 Å². The molecular formula is C11H20N4O2. The lowest BCUT2D eigenvalue weighted by Gasteiger charge is -2.06. The Labute approximate surface area is 101 Å². The van der Waals surface area contributed by atoms with Crippen LogP contribution in [-0.4, -0.2) is 42.5 Å². The van der Waals surface area contributed by atoms with Crippen LogP contribution in [-0.2, 0) is 16.6 Å². The number of methoxy groups -OCH3 is 1. The van der Waals surface area contributed by atoms with Gasteiger partial charge < -0.3 is 15.4 Å². The molecule has 1 heterocycles. The minimum absolute atomic E-state index is 0.0237. The van der Waals surface area contributed by atoms with E-state index in [0.717, 1.165) is 17.8 Å². The molecule has 0 aliphatic heterocycles. The highest BCUT2D eigenvalue weighted by Gasteiger charge is 2.04. The molecule has 0 saturated heterocycles. The molecule has 2 N–H and O–H groups in total. The van der Waals surface area contributed by atoms with Crippen molar-refractivity contribution in [3.8, 4) is 0 Å². The number of carbonyl (C=O) groups excluding carboxylic acids is 1. The third-order valence-corrected chi connectivity index (χ3v) is 2.30. The molecule has 1 rings (SSSR count). The quantitative estimate of drug-likeness (QED) is 0.672. The van der Waals surface area contributed by atoms with E-state index < -0.39 is 0 Å². The number of rotatable bonds is 7. The number of hydrogen-bond acceptors (Lipinski definition) is 4. The fraction of sp³-hybridized carbons (Fsp3) is 0.636. The molecule has 0 spiro atoms. The van der Waals surface area contributed by atoms with Crippen molar-refractivity contribution in [3.63, 3.8) is 0 Å². The Bertz CT molecular complexity index is 362. The van der Waals surface area contributed by atoms with Gasteiger partial charge in [0, 0.05) is 33.5 Å². The highest BCUT2D eigenvalue weighted by molar-refractivity contribution is 5.80. The summed E-state index contributed by atoms with van der Waals surface area (Å²) in [6.07, 6.45) is 2.68. The Hall–Kier alpha value is -1.56. The van der Waals surface area contributed by atoms with Gasteiger partial charge in [-0.05, 0) is 13.3 Å². The number of carbonyl (C=O) groups is 1. The van der Waals surface area contributed by atoms with Gasteiger partial charge in [0.1, 0.15) is 0 Å². The minimum atomic E-state index is -0.0237. The molecule has 0 aliphatic carbocycles. The summed E-state index contributed by atoms with van der Waals surface area (Å²) in [7, 11) is 3.50. The van der Waals surface area contributed by atoms with Crippen molar-refractivity contribution in [1.29, 1.82) is 0 Å². The first-order valence-electron chi connectivity index (χ1n) is 5.63. The summed E-state index contributed by atoms with van der Waals surface area (Å²) in [6.45, 7) is 3.47. The molecule has 0 fully saturated rings. The summed E-state index contributed by atoms with van der Waals surface area (Å²) >= 11 is 0. The number of aromatic nitrogens is 2. The third kappa shape index (κ3) is 4.86. The van der Waals surface area contributed by atoms with Gasteiger partial charge in [-0.25, -0.2) is 0 Å². The Balaban J connectivity index is 2.21. The molecule has 6 heteroatoms. The van der Waals surface area contributed by atoms with Gasteiger partial charge in [-0.1, -0.05) is 0 Å². The Morgan fingerprint density at radius 2 is 2.35 bits per heavy atom. The number of aryl methyl sites for hydroxylation is 2. The van der Waals surface area contributed by atoms with Crippen LogP contribution in [0.25, 0.3) is 0 Å². The molecule has 0 unspecified atom stereocenters. The van der Waals surface area contributed by atoms with E-state index in [0.29, 0.717) is 13.2 Å². The monoisotopic (exact) mass is 240 g/mol. The van der Waals surface area contributed by atoms with E-state index in [1.165, 1.54) is 0 Å². The molecule has 0 saturated carbocycles. The summed E-state index contributed by atoms with van der Waals surface area (Å²) in [5.41, 5.74) is 1.78. The molecule has 6 nitrogen and oxygen atoms in total. The molecule has 1 aromatic heterocycles. The van der Waals surface area contributed by atoms with Crippen molar-refractivity contribution in [1.82, 2.24) is 15.1 Å². The minimum Gasteiger partial charge on any atom is -0.385 e. The third-order valence-electron chi connectivity index (χ3n) is 2.30. The summed E-state index contributed by atoms with van der Waals surface area (Å²) < 4.78 is 6.61. The van der Waals surface area contributed by atoms with Gasteiger partial charge >= 0.3 is 0 Å². The number of ether oxygens (including phenoxy) is 1. The van der Waals surface area contributed by atoms with Crippen LogP contribution >= 0.6 is 0 Å². The maximum Gasteiger partial charge on any atom is 0.239 e. The smallest absolute Gasteiger partial charge is 0.239 e. The predicted octanol–water partition coefficient (Wildman–Crippen LogP) is 0.293. The van der Waals surface area contributed by atoms with Crippen molar-refractivity contribution in [2.45, 2.75) is 13.3 Å². The first-order chi connectivity index (χ1) is 8.13. The van der Waals surface area contributed by atoms with E-state index in [1.807, 2.05) is 20.2 Å². The second-order valence-corrected chi connectivity index (χ2v) is 3.85. The average molecular weight is 240 g/mol. The molecule has 0 aromatic carbocycles. The Morgan fingerprint density at radius 3 is 2.94 bits per heavy atom.